The fourth-order valence-corrected chi connectivity index (χ4v) is 2.61. The second-order valence-electron chi connectivity index (χ2n) is 5.52. The van der Waals surface area contributed by atoms with Crippen LogP contribution in [0.25, 0.3) is 0 Å². The summed E-state index contributed by atoms with van der Waals surface area (Å²) in [6.07, 6.45) is 1.26. The average molecular weight is 250 g/mol. The fraction of sp³-hybridized carbons (Fsp3) is 0.600. The largest absolute Gasteiger partial charge is 0.494 e. The lowest BCUT2D eigenvalue weighted by atomic mass is 9.79. The van der Waals surface area contributed by atoms with Gasteiger partial charge in [-0.05, 0) is 38.5 Å². The molecule has 1 fully saturated rings. The molecule has 3 heteroatoms. The molecule has 1 heterocycles. The van der Waals surface area contributed by atoms with Gasteiger partial charge in [0.2, 0.25) is 0 Å². The molecule has 0 spiro atoms. The molecule has 0 saturated carbocycles. The van der Waals surface area contributed by atoms with Gasteiger partial charge in [-0.2, -0.15) is 0 Å². The van der Waals surface area contributed by atoms with E-state index in [0.717, 1.165) is 11.3 Å². The Morgan fingerprint density at radius 3 is 2.50 bits per heavy atom. The maximum absolute atomic E-state index is 10.8. The highest BCUT2D eigenvalue weighted by Crippen LogP contribution is 2.39. The molecule has 0 bridgehead atoms. The van der Waals surface area contributed by atoms with Gasteiger partial charge in [-0.25, -0.2) is 0 Å². The topological polar surface area (TPSA) is 38.7 Å². The summed E-state index contributed by atoms with van der Waals surface area (Å²) in [6.45, 7) is 7.25. The van der Waals surface area contributed by atoms with Crippen molar-refractivity contribution in [3.63, 3.8) is 0 Å². The minimum atomic E-state index is -0.785. The minimum absolute atomic E-state index is 0.272. The first-order chi connectivity index (χ1) is 8.45. The van der Waals surface area contributed by atoms with E-state index in [9.17, 15) is 5.11 Å². The fourth-order valence-electron chi connectivity index (χ4n) is 2.61. The molecule has 2 rings (SSSR count). The van der Waals surface area contributed by atoms with Crippen LogP contribution in [0, 0.1) is 0 Å². The maximum atomic E-state index is 10.8. The van der Waals surface area contributed by atoms with Gasteiger partial charge in [-0.3, -0.25) is 0 Å². The summed E-state index contributed by atoms with van der Waals surface area (Å²) in [6, 6.07) is 7.73. The summed E-state index contributed by atoms with van der Waals surface area (Å²) in [7, 11) is 0. The number of rotatable bonds is 3. The van der Waals surface area contributed by atoms with E-state index in [4.69, 9.17) is 9.47 Å². The van der Waals surface area contributed by atoms with Gasteiger partial charge in [0, 0.05) is 12.8 Å². The summed E-state index contributed by atoms with van der Waals surface area (Å²) < 4.78 is 11.1. The molecule has 1 aromatic carbocycles. The number of hydrogen-bond donors (Lipinski definition) is 1. The predicted molar refractivity (Wildman–Crippen MR) is 70.8 cm³/mol. The van der Waals surface area contributed by atoms with Crippen molar-refractivity contribution in [2.24, 2.45) is 0 Å². The first kappa shape index (κ1) is 13.4. The third-order valence-electron chi connectivity index (χ3n) is 3.43. The van der Waals surface area contributed by atoms with Crippen molar-refractivity contribution in [1.82, 2.24) is 0 Å². The lowest BCUT2D eigenvalue weighted by Gasteiger charge is -2.41. The van der Waals surface area contributed by atoms with Crippen LogP contribution in [0.5, 0.6) is 5.75 Å². The third-order valence-corrected chi connectivity index (χ3v) is 3.43. The Morgan fingerprint density at radius 2 is 1.94 bits per heavy atom. The molecule has 0 aliphatic carbocycles. The van der Waals surface area contributed by atoms with Crippen LogP contribution in [0.15, 0.2) is 24.3 Å². The molecule has 1 aliphatic rings. The van der Waals surface area contributed by atoms with Crippen LogP contribution in [-0.2, 0) is 10.3 Å². The van der Waals surface area contributed by atoms with Crippen LogP contribution in [0.1, 0.15) is 39.2 Å². The van der Waals surface area contributed by atoms with Crippen LogP contribution in [0.2, 0.25) is 0 Å². The molecule has 0 radical (unpaired) electrons. The van der Waals surface area contributed by atoms with Crippen molar-refractivity contribution in [2.75, 3.05) is 13.2 Å². The number of benzene rings is 1. The highest BCUT2D eigenvalue weighted by molar-refractivity contribution is 5.31. The molecular formula is C15H22O3. The van der Waals surface area contributed by atoms with Gasteiger partial charge >= 0.3 is 0 Å². The van der Waals surface area contributed by atoms with E-state index in [1.54, 1.807) is 0 Å². The SMILES string of the molecule is CCOc1ccc(C2(O)CCOC(C)(C)C2)cc1. The second kappa shape index (κ2) is 4.90. The summed E-state index contributed by atoms with van der Waals surface area (Å²) >= 11 is 0. The smallest absolute Gasteiger partial charge is 0.119 e. The first-order valence-electron chi connectivity index (χ1n) is 6.55. The summed E-state index contributed by atoms with van der Waals surface area (Å²) in [5.74, 6) is 0.844. The normalized spacial score (nSPS) is 26.9. The highest BCUT2D eigenvalue weighted by Gasteiger charge is 2.40. The quantitative estimate of drug-likeness (QED) is 0.896. The van der Waals surface area contributed by atoms with E-state index >= 15 is 0 Å². The molecule has 18 heavy (non-hydrogen) atoms. The molecule has 1 atom stereocenters. The predicted octanol–water partition coefficient (Wildman–Crippen LogP) is 2.86. The Morgan fingerprint density at radius 1 is 1.28 bits per heavy atom. The van der Waals surface area contributed by atoms with Crippen molar-refractivity contribution in [1.29, 1.82) is 0 Å². The zero-order chi connectivity index (χ0) is 13.2. The van der Waals surface area contributed by atoms with E-state index in [1.165, 1.54) is 0 Å². The Hall–Kier alpha value is -1.06. The van der Waals surface area contributed by atoms with Crippen LogP contribution >= 0.6 is 0 Å². The Balaban J connectivity index is 2.19. The standard InChI is InChI=1S/C15H22O3/c1-4-17-13-7-5-12(6-8-13)15(16)9-10-18-14(2,3)11-15/h5-8,16H,4,9-11H2,1-3H3. The number of aliphatic hydroxyl groups is 1. The average Bonchev–Trinajstić information content (AvgIpc) is 2.28. The molecule has 100 valence electrons. The molecule has 1 unspecified atom stereocenters. The van der Waals surface area contributed by atoms with Crippen molar-refractivity contribution in [2.45, 2.75) is 44.8 Å². The molecule has 1 saturated heterocycles. The molecular weight excluding hydrogens is 228 g/mol. The first-order valence-corrected chi connectivity index (χ1v) is 6.55. The van der Waals surface area contributed by atoms with Gasteiger partial charge < -0.3 is 14.6 Å². The number of hydrogen-bond acceptors (Lipinski definition) is 3. The molecule has 0 amide bonds. The summed E-state index contributed by atoms with van der Waals surface area (Å²) in [4.78, 5) is 0. The van der Waals surface area contributed by atoms with E-state index in [-0.39, 0.29) is 5.60 Å². The van der Waals surface area contributed by atoms with Crippen molar-refractivity contribution in [3.05, 3.63) is 29.8 Å². The van der Waals surface area contributed by atoms with Gasteiger partial charge in [0.15, 0.2) is 0 Å². The maximum Gasteiger partial charge on any atom is 0.119 e. The minimum Gasteiger partial charge on any atom is -0.494 e. The third kappa shape index (κ3) is 2.85. The molecule has 1 aromatic rings. The zero-order valence-corrected chi connectivity index (χ0v) is 11.4. The van der Waals surface area contributed by atoms with Crippen LogP contribution in [0.3, 0.4) is 0 Å². The molecule has 1 aliphatic heterocycles. The van der Waals surface area contributed by atoms with Gasteiger partial charge in [-0.15, -0.1) is 0 Å². The zero-order valence-electron chi connectivity index (χ0n) is 11.4. The van der Waals surface area contributed by atoms with Gasteiger partial charge in [0.05, 0.1) is 24.4 Å². The van der Waals surface area contributed by atoms with E-state index in [2.05, 4.69) is 0 Å². The van der Waals surface area contributed by atoms with Crippen molar-refractivity contribution < 1.29 is 14.6 Å². The highest BCUT2D eigenvalue weighted by atomic mass is 16.5. The summed E-state index contributed by atoms with van der Waals surface area (Å²) in [5, 5.41) is 10.8. The van der Waals surface area contributed by atoms with E-state index < -0.39 is 5.60 Å². The molecule has 1 N–H and O–H groups in total. The van der Waals surface area contributed by atoms with Gasteiger partial charge in [-0.1, -0.05) is 12.1 Å². The lowest BCUT2D eigenvalue weighted by molar-refractivity contribution is -0.148. The van der Waals surface area contributed by atoms with Crippen molar-refractivity contribution >= 4 is 0 Å². The Kier molecular flexibility index (Phi) is 3.64. The summed E-state index contributed by atoms with van der Waals surface area (Å²) in [5.41, 5.74) is -0.111. The van der Waals surface area contributed by atoms with E-state index in [1.807, 2.05) is 45.0 Å². The molecule has 3 nitrogen and oxygen atoms in total. The van der Waals surface area contributed by atoms with Crippen LogP contribution < -0.4 is 4.74 Å². The lowest BCUT2D eigenvalue weighted by Crippen LogP contribution is -2.43. The Labute approximate surface area is 109 Å². The van der Waals surface area contributed by atoms with Gasteiger partial charge in [0.1, 0.15) is 5.75 Å². The van der Waals surface area contributed by atoms with Crippen LogP contribution in [0.4, 0.5) is 0 Å². The van der Waals surface area contributed by atoms with Crippen molar-refractivity contribution in [3.8, 4) is 5.75 Å². The van der Waals surface area contributed by atoms with Gasteiger partial charge in [0.25, 0.3) is 0 Å². The Bertz CT molecular complexity index is 397. The molecule has 0 aromatic heterocycles. The second-order valence-corrected chi connectivity index (χ2v) is 5.52. The van der Waals surface area contributed by atoms with Crippen LogP contribution in [-0.4, -0.2) is 23.9 Å². The monoisotopic (exact) mass is 250 g/mol. The van der Waals surface area contributed by atoms with E-state index in [0.29, 0.717) is 26.1 Å². The number of ether oxygens (including phenoxy) is 2.